The van der Waals surface area contributed by atoms with Crippen LogP contribution in [0.3, 0.4) is 0 Å². The molecule has 0 bridgehead atoms. The van der Waals surface area contributed by atoms with Crippen LogP contribution in [0.2, 0.25) is 0 Å². The highest BCUT2D eigenvalue weighted by Crippen LogP contribution is 2.31. The van der Waals surface area contributed by atoms with E-state index in [4.69, 9.17) is 9.72 Å². The number of benzene rings is 1. The fraction of sp³-hybridized carbons (Fsp3) is 0.500. The summed E-state index contributed by atoms with van der Waals surface area (Å²) in [6.07, 6.45) is 3.02. The van der Waals surface area contributed by atoms with E-state index in [2.05, 4.69) is 45.2 Å². The van der Waals surface area contributed by atoms with Gasteiger partial charge in [0.1, 0.15) is 5.75 Å². The first-order chi connectivity index (χ1) is 12.8. The van der Waals surface area contributed by atoms with Crippen LogP contribution in [0.5, 0.6) is 5.75 Å². The molecule has 0 unspecified atom stereocenters. The van der Waals surface area contributed by atoms with Crippen molar-refractivity contribution in [2.24, 2.45) is 0 Å². The van der Waals surface area contributed by atoms with Crippen molar-refractivity contribution in [1.29, 1.82) is 0 Å². The van der Waals surface area contributed by atoms with Crippen LogP contribution in [0.4, 0.5) is 5.95 Å². The topological polar surface area (TPSA) is 53.5 Å². The molecular formula is C20H25N5O. The van der Waals surface area contributed by atoms with Gasteiger partial charge in [-0.05, 0) is 24.1 Å². The number of nitrogens with one attached hydrogen (secondary N) is 1. The molecule has 3 aliphatic heterocycles. The van der Waals surface area contributed by atoms with E-state index in [1.165, 1.54) is 16.7 Å². The maximum absolute atomic E-state index is 5.74. The molecule has 1 fully saturated rings. The van der Waals surface area contributed by atoms with Crippen LogP contribution in [0, 0.1) is 0 Å². The molecule has 1 N–H and O–H groups in total. The molecule has 26 heavy (non-hydrogen) atoms. The van der Waals surface area contributed by atoms with E-state index in [9.17, 15) is 0 Å². The van der Waals surface area contributed by atoms with Crippen molar-refractivity contribution < 1.29 is 4.74 Å². The number of rotatable bonds is 3. The Morgan fingerprint density at radius 3 is 2.88 bits per heavy atom. The van der Waals surface area contributed by atoms with Crippen LogP contribution in [0.1, 0.15) is 35.3 Å². The van der Waals surface area contributed by atoms with E-state index < -0.39 is 0 Å². The second-order valence-corrected chi connectivity index (χ2v) is 7.41. The first-order valence-corrected chi connectivity index (χ1v) is 9.58. The second kappa shape index (κ2) is 6.52. The van der Waals surface area contributed by atoms with Crippen LogP contribution in [0.25, 0.3) is 0 Å². The SMILES string of the molecule is C[C@@H](c1ccc2c(c1)OCC2)N1CCN(c2ncc3c(n2)CNC3)CC1. The molecule has 2 aromatic rings. The van der Waals surface area contributed by atoms with Gasteiger partial charge in [0.25, 0.3) is 0 Å². The lowest BCUT2D eigenvalue weighted by molar-refractivity contribution is 0.197. The second-order valence-electron chi connectivity index (χ2n) is 7.41. The molecule has 1 aromatic carbocycles. The predicted octanol–water partition coefficient (Wildman–Crippen LogP) is 1.90. The van der Waals surface area contributed by atoms with Crippen LogP contribution in [-0.2, 0) is 19.5 Å². The van der Waals surface area contributed by atoms with E-state index in [1.807, 2.05) is 6.20 Å². The Bertz CT molecular complexity index is 816. The third-order valence-corrected chi connectivity index (χ3v) is 5.90. The Hall–Kier alpha value is -2.18. The first-order valence-electron chi connectivity index (χ1n) is 9.58. The highest BCUT2D eigenvalue weighted by Gasteiger charge is 2.25. The van der Waals surface area contributed by atoms with Gasteiger partial charge in [-0.3, -0.25) is 4.90 Å². The monoisotopic (exact) mass is 351 g/mol. The van der Waals surface area contributed by atoms with Crippen molar-refractivity contribution in [1.82, 2.24) is 20.2 Å². The molecule has 5 rings (SSSR count). The molecular weight excluding hydrogens is 326 g/mol. The van der Waals surface area contributed by atoms with Gasteiger partial charge in [-0.1, -0.05) is 12.1 Å². The average molecular weight is 351 g/mol. The standard InChI is InChI=1S/C20H25N5O/c1-14(16-3-2-15-4-9-26-19(15)10-16)24-5-7-25(8-6-24)20-22-12-17-11-21-13-18(17)23-20/h2-3,10,12,14,21H,4-9,11,13H2,1H3/t14-/m0/s1. The van der Waals surface area contributed by atoms with E-state index in [1.54, 1.807) is 0 Å². The van der Waals surface area contributed by atoms with Crippen molar-refractivity contribution in [3.05, 3.63) is 46.8 Å². The fourth-order valence-electron chi connectivity index (χ4n) is 4.16. The molecule has 136 valence electrons. The number of nitrogens with zero attached hydrogens (tertiary/aromatic N) is 4. The van der Waals surface area contributed by atoms with Crippen molar-refractivity contribution in [2.45, 2.75) is 32.5 Å². The van der Waals surface area contributed by atoms with Gasteiger partial charge >= 0.3 is 0 Å². The Balaban J connectivity index is 1.25. The lowest BCUT2D eigenvalue weighted by Crippen LogP contribution is -2.47. The van der Waals surface area contributed by atoms with Gasteiger partial charge in [0.05, 0.1) is 12.3 Å². The number of ether oxygens (including phenoxy) is 1. The van der Waals surface area contributed by atoms with Crippen molar-refractivity contribution in [3.63, 3.8) is 0 Å². The molecule has 0 spiro atoms. The van der Waals surface area contributed by atoms with E-state index in [0.29, 0.717) is 6.04 Å². The van der Waals surface area contributed by atoms with Crippen LogP contribution < -0.4 is 15.0 Å². The van der Waals surface area contributed by atoms with Gasteiger partial charge in [0, 0.05) is 63.5 Å². The molecule has 4 heterocycles. The van der Waals surface area contributed by atoms with Crippen LogP contribution >= 0.6 is 0 Å². The molecule has 6 nitrogen and oxygen atoms in total. The Morgan fingerprint density at radius 1 is 1.12 bits per heavy atom. The Morgan fingerprint density at radius 2 is 2.00 bits per heavy atom. The van der Waals surface area contributed by atoms with Crippen LogP contribution in [-0.4, -0.2) is 47.7 Å². The van der Waals surface area contributed by atoms with Gasteiger partial charge in [0.2, 0.25) is 5.95 Å². The van der Waals surface area contributed by atoms with Gasteiger partial charge in [0.15, 0.2) is 0 Å². The number of fused-ring (bicyclic) bond motifs is 2. The number of aromatic nitrogens is 2. The summed E-state index contributed by atoms with van der Waals surface area (Å²) in [6, 6.07) is 7.13. The van der Waals surface area contributed by atoms with Gasteiger partial charge < -0.3 is 15.0 Å². The Labute approximate surface area is 154 Å². The Kier molecular flexibility index (Phi) is 4.02. The summed E-state index contributed by atoms with van der Waals surface area (Å²) in [5, 5.41) is 3.34. The van der Waals surface area contributed by atoms with Gasteiger partial charge in [-0.15, -0.1) is 0 Å². The molecule has 1 atom stereocenters. The highest BCUT2D eigenvalue weighted by molar-refractivity contribution is 5.41. The minimum atomic E-state index is 0.400. The van der Waals surface area contributed by atoms with E-state index in [-0.39, 0.29) is 0 Å². The molecule has 1 aromatic heterocycles. The third-order valence-electron chi connectivity index (χ3n) is 5.90. The lowest BCUT2D eigenvalue weighted by atomic mass is 10.0. The quantitative estimate of drug-likeness (QED) is 0.912. The van der Waals surface area contributed by atoms with E-state index in [0.717, 1.165) is 69.7 Å². The minimum Gasteiger partial charge on any atom is -0.493 e. The number of hydrogen-bond acceptors (Lipinski definition) is 6. The summed E-state index contributed by atoms with van der Waals surface area (Å²) in [4.78, 5) is 14.2. The first kappa shape index (κ1) is 16.0. The fourth-order valence-corrected chi connectivity index (χ4v) is 4.16. The van der Waals surface area contributed by atoms with Gasteiger partial charge in [-0.2, -0.15) is 0 Å². The summed E-state index contributed by atoms with van der Waals surface area (Å²) in [6.45, 7) is 8.87. The largest absolute Gasteiger partial charge is 0.493 e. The molecule has 0 radical (unpaired) electrons. The lowest BCUT2D eigenvalue weighted by Gasteiger charge is -2.38. The summed E-state index contributed by atoms with van der Waals surface area (Å²) in [5.41, 5.74) is 5.08. The molecule has 0 saturated carbocycles. The van der Waals surface area contributed by atoms with Crippen molar-refractivity contribution in [3.8, 4) is 5.75 Å². The van der Waals surface area contributed by atoms with Gasteiger partial charge in [-0.25, -0.2) is 9.97 Å². The predicted molar refractivity (Wildman–Crippen MR) is 100 cm³/mol. The van der Waals surface area contributed by atoms with Crippen molar-refractivity contribution in [2.75, 3.05) is 37.7 Å². The minimum absolute atomic E-state index is 0.400. The summed E-state index contributed by atoms with van der Waals surface area (Å²) in [7, 11) is 0. The molecule has 6 heteroatoms. The number of anilines is 1. The molecule has 1 saturated heterocycles. The summed E-state index contributed by atoms with van der Waals surface area (Å²) < 4.78 is 5.74. The number of hydrogen-bond donors (Lipinski definition) is 1. The third kappa shape index (κ3) is 2.83. The molecule has 0 amide bonds. The smallest absolute Gasteiger partial charge is 0.225 e. The molecule has 3 aliphatic rings. The maximum Gasteiger partial charge on any atom is 0.225 e. The zero-order chi connectivity index (χ0) is 17.5. The summed E-state index contributed by atoms with van der Waals surface area (Å²) >= 11 is 0. The van der Waals surface area contributed by atoms with E-state index >= 15 is 0 Å². The average Bonchev–Trinajstić information content (AvgIpc) is 3.35. The highest BCUT2D eigenvalue weighted by atomic mass is 16.5. The number of piperazine rings is 1. The molecule has 0 aliphatic carbocycles. The summed E-state index contributed by atoms with van der Waals surface area (Å²) in [5.74, 6) is 1.96. The zero-order valence-electron chi connectivity index (χ0n) is 15.2. The zero-order valence-corrected chi connectivity index (χ0v) is 15.2. The van der Waals surface area contributed by atoms with Crippen LogP contribution in [0.15, 0.2) is 24.4 Å². The maximum atomic E-state index is 5.74. The normalized spacial score (nSPS) is 20.6. The van der Waals surface area contributed by atoms with Crippen molar-refractivity contribution >= 4 is 5.95 Å².